The summed E-state index contributed by atoms with van der Waals surface area (Å²) in [6, 6.07) is 9.27. The zero-order chi connectivity index (χ0) is 19.2. The summed E-state index contributed by atoms with van der Waals surface area (Å²) < 4.78 is 28.1. The number of imidazole rings is 1. The standard InChI is InChI=1S/C18H19N5O2S2/c1-10-4-5-13-14(8-10)21-16(20-13)9-19-27(24,25)17-7-6-15(26-17)18-11(2)12(3)22-23-18/h4-8,19H,9H2,1-3H3,(H,20,21)(H,22,23). The van der Waals surface area contributed by atoms with Crippen LogP contribution in [0.25, 0.3) is 21.6 Å². The van der Waals surface area contributed by atoms with E-state index in [-0.39, 0.29) is 10.8 Å². The molecular weight excluding hydrogens is 382 g/mol. The highest BCUT2D eigenvalue weighted by Crippen LogP contribution is 2.32. The Labute approximate surface area is 160 Å². The number of rotatable bonds is 5. The van der Waals surface area contributed by atoms with Gasteiger partial charge >= 0.3 is 0 Å². The largest absolute Gasteiger partial charge is 0.341 e. The molecular formula is C18H19N5O2S2. The van der Waals surface area contributed by atoms with Gasteiger partial charge in [0, 0.05) is 5.69 Å². The molecule has 3 aromatic heterocycles. The van der Waals surface area contributed by atoms with Gasteiger partial charge < -0.3 is 4.98 Å². The molecule has 0 saturated heterocycles. The van der Waals surface area contributed by atoms with Gasteiger partial charge in [-0.1, -0.05) is 6.07 Å². The fraction of sp³-hybridized carbons (Fsp3) is 0.222. The van der Waals surface area contributed by atoms with Crippen molar-refractivity contribution in [2.75, 3.05) is 0 Å². The van der Waals surface area contributed by atoms with Gasteiger partial charge in [-0.2, -0.15) is 5.10 Å². The number of hydrogen-bond donors (Lipinski definition) is 3. The number of aryl methyl sites for hydroxylation is 2. The molecule has 0 saturated carbocycles. The van der Waals surface area contributed by atoms with Gasteiger partial charge in [0.2, 0.25) is 10.0 Å². The number of aromatic nitrogens is 4. The van der Waals surface area contributed by atoms with Gasteiger partial charge in [0.15, 0.2) is 0 Å². The molecule has 0 aliphatic rings. The number of nitrogens with zero attached hydrogens (tertiary/aromatic N) is 2. The van der Waals surface area contributed by atoms with Crippen molar-refractivity contribution >= 4 is 32.4 Å². The van der Waals surface area contributed by atoms with E-state index in [1.165, 1.54) is 11.3 Å². The third-order valence-electron chi connectivity index (χ3n) is 4.45. The maximum absolute atomic E-state index is 12.6. The number of H-pyrrole nitrogens is 2. The third-order valence-corrected chi connectivity index (χ3v) is 7.43. The Morgan fingerprint density at radius 1 is 1.15 bits per heavy atom. The first kappa shape index (κ1) is 17.9. The minimum atomic E-state index is -3.63. The monoisotopic (exact) mass is 401 g/mol. The molecule has 3 heterocycles. The average Bonchev–Trinajstić information content (AvgIpc) is 3.33. The van der Waals surface area contributed by atoms with Crippen molar-refractivity contribution in [2.45, 2.75) is 31.5 Å². The summed E-state index contributed by atoms with van der Waals surface area (Å²) in [4.78, 5) is 8.39. The van der Waals surface area contributed by atoms with E-state index >= 15 is 0 Å². The Balaban J connectivity index is 1.54. The Morgan fingerprint density at radius 3 is 2.70 bits per heavy atom. The van der Waals surface area contributed by atoms with Crippen LogP contribution in [-0.2, 0) is 16.6 Å². The van der Waals surface area contributed by atoms with E-state index in [1.807, 2.05) is 39.0 Å². The Bertz CT molecular complexity index is 1230. The van der Waals surface area contributed by atoms with Crippen LogP contribution in [0.2, 0.25) is 0 Å². The Morgan fingerprint density at radius 2 is 1.96 bits per heavy atom. The van der Waals surface area contributed by atoms with E-state index in [4.69, 9.17) is 0 Å². The number of thiophene rings is 1. The summed E-state index contributed by atoms with van der Waals surface area (Å²) in [5.41, 5.74) is 5.61. The highest BCUT2D eigenvalue weighted by atomic mass is 32.2. The van der Waals surface area contributed by atoms with E-state index in [0.717, 1.165) is 38.4 Å². The van der Waals surface area contributed by atoms with Gasteiger partial charge in [0.25, 0.3) is 0 Å². The van der Waals surface area contributed by atoms with E-state index in [9.17, 15) is 8.42 Å². The van der Waals surface area contributed by atoms with Crippen LogP contribution in [0, 0.1) is 20.8 Å². The summed E-state index contributed by atoms with van der Waals surface area (Å²) in [5, 5.41) is 7.19. The summed E-state index contributed by atoms with van der Waals surface area (Å²) in [5.74, 6) is 0.578. The van der Waals surface area contributed by atoms with Gasteiger partial charge in [0.05, 0.1) is 22.5 Å². The average molecular weight is 402 g/mol. The molecule has 1 aromatic carbocycles. The lowest BCUT2D eigenvalue weighted by Crippen LogP contribution is -2.22. The van der Waals surface area contributed by atoms with Crippen molar-refractivity contribution in [2.24, 2.45) is 0 Å². The van der Waals surface area contributed by atoms with E-state index in [1.54, 1.807) is 12.1 Å². The molecule has 0 fully saturated rings. The predicted octanol–water partition coefficient (Wildman–Crippen LogP) is 3.42. The summed E-state index contributed by atoms with van der Waals surface area (Å²) in [7, 11) is -3.63. The van der Waals surface area contributed by atoms with Crippen LogP contribution in [0.5, 0.6) is 0 Å². The highest BCUT2D eigenvalue weighted by Gasteiger charge is 2.19. The molecule has 0 radical (unpaired) electrons. The van der Waals surface area contributed by atoms with Crippen molar-refractivity contribution < 1.29 is 8.42 Å². The molecule has 0 unspecified atom stereocenters. The molecule has 4 rings (SSSR count). The number of nitrogens with one attached hydrogen (secondary N) is 3. The van der Waals surface area contributed by atoms with Crippen LogP contribution in [0.4, 0.5) is 0 Å². The highest BCUT2D eigenvalue weighted by molar-refractivity contribution is 7.91. The predicted molar refractivity (Wildman–Crippen MR) is 106 cm³/mol. The molecule has 9 heteroatoms. The van der Waals surface area contributed by atoms with Crippen LogP contribution in [-0.4, -0.2) is 28.6 Å². The normalized spacial score (nSPS) is 12.1. The first-order chi connectivity index (χ1) is 12.8. The van der Waals surface area contributed by atoms with Gasteiger partial charge in [-0.15, -0.1) is 11.3 Å². The topological polar surface area (TPSA) is 104 Å². The maximum Gasteiger partial charge on any atom is 0.250 e. The quantitative estimate of drug-likeness (QED) is 0.477. The molecule has 0 spiro atoms. The molecule has 0 bridgehead atoms. The molecule has 27 heavy (non-hydrogen) atoms. The molecule has 7 nitrogen and oxygen atoms in total. The second kappa shape index (κ2) is 6.59. The lowest BCUT2D eigenvalue weighted by Gasteiger charge is -2.02. The van der Waals surface area contributed by atoms with Crippen LogP contribution in [0.3, 0.4) is 0 Å². The molecule has 3 N–H and O–H groups in total. The molecule has 0 aliphatic heterocycles. The zero-order valence-electron chi connectivity index (χ0n) is 15.1. The van der Waals surface area contributed by atoms with Crippen LogP contribution in [0.15, 0.2) is 34.5 Å². The van der Waals surface area contributed by atoms with Crippen molar-refractivity contribution in [3.8, 4) is 10.6 Å². The molecule has 0 amide bonds. The zero-order valence-corrected chi connectivity index (χ0v) is 16.8. The number of fused-ring (bicyclic) bond motifs is 1. The van der Waals surface area contributed by atoms with Crippen molar-refractivity contribution in [1.29, 1.82) is 0 Å². The first-order valence-corrected chi connectivity index (χ1v) is 10.7. The molecule has 140 valence electrons. The minimum Gasteiger partial charge on any atom is -0.341 e. The second-order valence-corrected chi connectivity index (χ2v) is 9.55. The van der Waals surface area contributed by atoms with Crippen LogP contribution >= 0.6 is 11.3 Å². The summed E-state index contributed by atoms with van der Waals surface area (Å²) in [6.07, 6.45) is 0. The minimum absolute atomic E-state index is 0.101. The van der Waals surface area contributed by atoms with Crippen molar-refractivity contribution in [1.82, 2.24) is 24.9 Å². The van der Waals surface area contributed by atoms with Gasteiger partial charge in [-0.05, 0) is 56.2 Å². The van der Waals surface area contributed by atoms with E-state index < -0.39 is 10.0 Å². The SMILES string of the molecule is Cc1ccc2nc(CNS(=O)(=O)c3ccc(-c4n[nH]c(C)c4C)s3)[nH]c2c1. The number of aromatic amines is 2. The smallest absolute Gasteiger partial charge is 0.250 e. The second-order valence-electron chi connectivity index (χ2n) is 6.47. The fourth-order valence-corrected chi connectivity index (χ4v) is 5.20. The molecule has 0 aliphatic carbocycles. The van der Waals surface area contributed by atoms with Gasteiger partial charge in [0.1, 0.15) is 15.7 Å². The van der Waals surface area contributed by atoms with Crippen LogP contribution in [0.1, 0.15) is 22.6 Å². The van der Waals surface area contributed by atoms with Crippen LogP contribution < -0.4 is 4.72 Å². The summed E-state index contributed by atoms with van der Waals surface area (Å²) >= 11 is 1.20. The molecule has 4 aromatic rings. The summed E-state index contributed by atoms with van der Waals surface area (Å²) in [6.45, 7) is 6.00. The maximum atomic E-state index is 12.6. The number of hydrogen-bond acceptors (Lipinski definition) is 5. The van der Waals surface area contributed by atoms with E-state index in [0.29, 0.717) is 5.82 Å². The number of benzene rings is 1. The van der Waals surface area contributed by atoms with Crippen molar-refractivity contribution in [3.05, 3.63) is 53.0 Å². The van der Waals surface area contributed by atoms with Gasteiger partial charge in [-0.25, -0.2) is 18.1 Å². The lowest BCUT2D eigenvalue weighted by molar-refractivity contribution is 0.582. The molecule has 0 atom stereocenters. The van der Waals surface area contributed by atoms with E-state index in [2.05, 4.69) is 24.9 Å². The van der Waals surface area contributed by atoms with Gasteiger partial charge in [-0.3, -0.25) is 5.10 Å². The Hall–Kier alpha value is -2.49. The number of sulfonamides is 1. The third kappa shape index (κ3) is 3.41. The van der Waals surface area contributed by atoms with Crippen molar-refractivity contribution in [3.63, 3.8) is 0 Å². The first-order valence-electron chi connectivity index (χ1n) is 8.40. The Kier molecular flexibility index (Phi) is 4.37. The lowest BCUT2D eigenvalue weighted by atomic mass is 10.2. The fourth-order valence-electron chi connectivity index (χ4n) is 2.81.